The summed E-state index contributed by atoms with van der Waals surface area (Å²) in [6.07, 6.45) is 2.97. The van der Waals surface area contributed by atoms with Crippen LogP contribution in [0.4, 0.5) is 11.4 Å². The summed E-state index contributed by atoms with van der Waals surface area (Å²) in [4.78, 5) is 16.6. The molecule has 0 saturated heterocycles. The highest BCUT2D eigenvalue weighted by atomic mass is 32.2. The molecule has 0 aliphatic rings. The van der Waals surface area contributed by atoms with E-state index in [0.29, 0.717) is 5.69 Å². The van der Waals surface area contributed by atoms with Crippen molar-refractivity contribution in [2.24, 2.45) is 7.05 Å². The number of pyridine rings is 1. The summed E-state index contributed by atoms with van der Waals surface area (Å²) in [5.74, 6) is -0.914. The van der Waals surface area contributed by atoms with Crippen molar-refractivity contribution in [3.63, 3.8) is 0 Å². The number of thioether (sulfide) groups is 1. The van der Waals surface area contributed by atoms with E-state index in [9.17, 15) is 13.2 Å². The van der Waals surface area contributed by atoms with Crippen LogP contribution in [0.3, 0.4) is 0 Å². The number of rotatable bonds is 9. The fraction of sp³-hybridized carbons (Fsp3) is 0.263. The highest BCUT2D eigenvalue weighted by Crippen LogP contribution is 2.34. The van der Waals surface area contributed by atoms with Crippen LogP contribution in [-0.2, 0) is 17.1 Å². The number of anilines is 2. The Hall–Kier alpha value is -2.96. The molecule has 164 valence electrons. The quantitative estimate of drug-likeness (QED) is 0.411. The lowest BCUT2D eigenvalue weighted by Gasteiger charge is -2.13. The molecule has 3 N–H and O–H groups in total. The van der Waals surface area contributed by atoms with Gasteiger partial charge in [-0.05, 0) is 36.8 Å². The topological polar surface area (TPSA) is 139 Å². The van der Waals surface area contributed by atoms with Gasteiger partial charge in [-0.1, -0.05) is 23.9 Å². The highest BCUT2D eigenvalue weighted by Gasteiger charge is 2.15. The first-order chi connectivity index (χ1) is 14.8. The number of amides is 1. The van der Waals surface area contributed by atoms with E-state index in [-0.39, 0.29) is 16.6 Å². The van der Waals surface area contributed by atoms with Crippen LogP contribution in [0.25, 0.3) is 0 Å². The molecule has 2 aromatic heterocycles. The average molecular weight is 463 g/mol. The second kappa shape index (κ2) is 9.90. The Kier molecular flexibility index (Phi) is 7.25. The van der Waals surface area contributed by atoms with Crippen LogP contribution < -0.4 is 10.0 Å². The molecule has 3 rings (SSSR count). The third-order valence-corrected chi connectivity index (χ3v) is 6.66. The first-order valence-corrected chi connectivity index (χ1v) is 11.8. The molecule has 2 heterocycles. The molecule has 3 aromatic rings. The van der Waals surface area contributed by atoms with Crippen molar-refractivity contribution >= 4 is 39.1 Å². The number of carbonyl (C=O) groups is 1. The van der Waals surface area contributed by atoms with Crippen LogP contribution in [0.1, 0.15) is 28.2 Å². The van der Waals surface area contributed by atoms with Crippen molar-refractivity contribution in [2.45, 2.75) is 17.3 Å². The number of aliphatic hydroxyl groups excluding tert-OH is 1. The standard InChI is InChI=1S/C19H22N6O4S2/c1-13(30-19-23-21-12-25(19)2)14-4-3-5-15(10-14)22-18(27)17-11-16(6-7-20-17)24-31(28,29)9-8-26/h3-7,10-13,26H,8-9H2,1-2H3,(H,20,24)(H,22,27)/t13-/m0/s1. The van der Waals surface area contributed by atoms with Gasteiger partial charge in [-0.15, -0.1) is 10.2 Å². The fourth-order valence-electron chi connectivity index (χ4n) is 2.64. The van der Waals surface area contributed by atoms with Gasteiger partial charge in [0.1, 0.15) is 12.0 Å². The first-order valence-electron chi connectivity index (χ1n) is 9.27. The average Bonchev–Trinajstić information content (AvgIpc) is 3.12. The second-order valence-electron chi connectivity index (χ2n) is 6.64. The van der Waals surface area contributed by atoms with Gasteiger partial charge >= 0.3 is 0 Å². The lowest BCUT2D eigenvalue weighted by molar-refractivity contribution is 0.102. The Balaban J connectivity index is 1.70. The number of benzene rings is 1. The van der Waals surface area contributed by atoms with Gasteiger partial charge in [0, 0.05) is 24.2 Å². The lowest BCUT2D eigenvalue weighted by atomic mass is 10.1. The SMILES string of the molecule is C[C@H](Sc1nncn1C)c1cccc(NC(=O)c2cc(NS(=O)(=O)CCO)ccn2)c1. The largest absolute Gasteiger partial charge is 0.395 e. The van der Waals surface area contributed by atoms with Gasteiger partial charge in [0.25, 0.3) is 5.91 Å². The van der Waals surface area contributed by atoms with Gasteiger partial charge < -0.3 is 15.0 Å². The number of sulfonamides is 1. The molecule has 0 saturated carbocycles. The molecule has 0 bridgehead atoms. The van der Waals surface area contributed by atoms with Gasteiger partial charge in [0.05, 0.1) is 18.0 Å². The minimum Gasteiger partial charge on any atom is -0.395 e. The van der Waals surface area contributed by atoms with E-state index in [4.69, 9.17) is 5.11 Å². The summed E-state index contributed by atoms with van der Waals surface area (Å²) in [7, 11) is -1.83. The van der Waals surface area contributed by atoms with Crippen LogP contribution in [0.2, 0.25) is 0 Å². The highest BCUT2D eigenvalue weighted by molar-refractivity contribution is 7.99. The summed E-state index contributed by atoms with van der Waals surface area (Å²) < 4.78 is 27.7. The van der Waals surface area contributed by atoms with Gasteiger partial charge in [-0.2, -0.15) is 0 Å². The zero-order valence-corrected chi connectivity index (χ0v) is 18.5. The number of aryl methyl sites for hydroxylation is 1. The lowest BCUT2D eigenvalue weighted by Crippen LogP contribution is -2.20. The van der Waals surface area contributed by atoms with E-state index in [1.54, 1.807) is 24.2 Å². The third kappa shape index (κ3) is 6.26. The summed E-state index contributed by atoms with van der Waals surface area (Å²) >= 11 is 1.55. The molecular formula is C19H22N6O4S2. The summed E-state index contributed by atoms with van der Waals surface area (Å²) in [6, 6.07) is 10.2. The van der Waals surface area contributed by atoms with E-state index >= 15 is 0 Å². The van der Waals surface area contributed by atoms with Crippen LogP contribution in [-0.4, -0.2) is 51.5 Å². The van der Waals surface area contributed by atoms with Crippen molar-refractivity contribution in [1.82, 2.24) is 19.7 Å². The molecule has 0 radical (unpaired) electrons. The Labute approximate surface area is 184 Å². The smallest absolute Gasteiger partial charge is 0.274 e. The maximum absolute atomic E-state index is 12.6. The monoisotopic (exact) mass is 462 g/mol. The van der Waals surface area contributed by atoms with Crippen molar-refractivity contribution in [3.05, 3.63) is 60.2 Å². The molecule has 0 fully saturated rings. The molecule has 1 aromatic carbocycles. The van der Waals surface area contributed by atoms with E-state index in [2.05, 4.69) is 25.2 Å². The predicted molar refractivity (Wildman–Crippen MR) is 118 cm³/mol. The molecule has 0 aliphatic heterocycles. The fourth-order valence-corrected chi connectivity index (χ4v) is 4.37. The summed E-state index contributed by atoms with van der Waals surface area (Å²) in [5.41, 5.74) is 1.82. The number of nitrogens with one attached hydrogen (secondary N) is 2. The normalized spacial score (nSPS) is 12.4. The van der Waals surface area contributed by atoms with Gasteiger partial charge in [-0.3, -0.25) is 14.5 Å². The number of hydrogen-bond donors (Lipinski definition) is 3. The van der Waals surface area contributed by atoms with Gasteiger partial charge in [0.15, 0.2) is 5.16 Å². The zero-order valence-electron chi connectivity index (χ0n) is 16.9. The Morgan fingerprint density at radius 1 is 1.26 bits per heavy atom. The third-order valence-electron chi connectivity index (χ3n) is 4.19. The molecule has 1 amide bonds. The van der Waals surface area contributed by atoms with Gasteiger partial charge in [0.2, 0.25) is 10.0 Å². The Morgan fingerprint density at radius 2 is 2.06 bits per heavy atom. The molecule has 12 heteroatoms. The number of carbonyl (C=O) groups excluding carboxylic acids is 1. The number of aliphatic hydroxyl groups is 1. The van der Waals surface area contributed by atoms with Crippen molar-refractivity contribution < 1.29 is 18.3 Å². The summed E-state index contributed by atoms with van der Waals surface area (Å²) in [5, 5.41) is 20.4. The van der Waals surface area contributed by atoms with E-state index < -0.39 is 28.3 Å². The molecule has 31 heavy (non-hydrogen) atoms. The van der Waals surface area contributed by atoms with E-state index in [1.165, 1.54) is 18.3 Å². The molecule has 10 nitrogen and oxygen atoms in total. The Morgan fingerprint density at radius 3 is 2.77 bits per heavy atom. The minimum absolute atomic E-state index is 0.0520. The Bertz CT molecular complexity index is 1170. The first kappa shape index (κ1) is 22.7. The van der Waals surface area contributed by atoms with Crippen molar-refractivity contribution in [2.75, 3.05) is 22.4 Å². The molecule has 1 atom stereocenters. The molecule has 0 aliphatic carbocycles. The van der Waals surface area contributed by atoms with Crippen LogP contribution >= 0.6 is 11.8 Å². The second-order valence-corrected chi connectivity index (χ2v) is 9.79. The molecule has 0 spiro atoms. The molecular weight excluding hydrogens is 440 g/mol. The van der Waals surface area contributed by atoms with Gasteiger partial charge in [-0.25, -0.2) is 8.42 Å². The van der Waals surface area contributed by atoms with Crippen molar-refractivity contribution in [1.29, 1.82) is 0 Å². The zero-order chi connectivity index (χ0) is 22.4. The minimum atomic E-state index is -3.70. The maximum atomic E-state index is 12.6. The molecule has 0 unspecified atom stereocenters. The van der Waals surface area contributed by atoms with Crippen LogP contribution in [0.15, 0.2) is 54.1 Å². The number of nitrogens with zero attached hydrogens (tertiary/aromatic N) is 4. The van der Waals surface area contributed by atoms with Crippen LogP contribution in [0.5, 0.6) is 0 Å². The number of aromatic nitrogens is 4. The predicted octanol–water partition coefficient (Wildman–Crippen LogP) is 2.05. The van der Waals surface area contributed by atoms with Crippen molar-refractivity contribution in [3.8, 4) is 0 Å². The van der Waals surface area contributed by atoms with E-state index in [0.717, 1.165) is 10.7 Å². The van der Waals surface area contributed by atoms with E-state index in [1.807, 2.05) is 36.7 Å². The maximum Gasteiger partial charge on any atom is 0.274 e. The summed E-state index contributed by atoms with van der Waals surface area (Å²) in [6.45, 7) is 1.53. The number of hydrogen-bond acceptors (Lipinski definition) is 8. The van der Waals surface area contributed by atoms with Crippen LogP contribution in [0, 0.1) is 0 Å².